The van der Waals surface area contributed by atoms with Gasteiger partial charge in [-0.1, -0.05) is 0 Å². The van der Waals surface area contributed by atoms with E-state index in [4.69, 9.17) is 24.4 Å². The normalized spacial score (nSPS) is 29.7. The maximum atomic E-state index is 8.90. The Morgan fingerprint density at radius 1 is 1.64 bits per heavy atom. The molecule has 2 atom stereocenters. The van der Waals surface area contributed by atoms with Crippen LogP contribution in [0.15, 0.2) is 0 Å². The molecule has 0 spiro atoms. The van der Waals surface area contributed by atoms with E-state index in [1.54, 1.807) is 0 Å². The highest BCUT2D eigenvalue weighted by Gasteiger charge is 2.24. The molecule has 0 aromatic heterocycles. The molecule has 1 saturated heterocycles. The lowest BCUT2D eigenvalue weighted by molar-refractivity contribution is 0.00406. The smallest absolute Gasteiger partial charge is 0.324 e. The minimum absolute atomic E-state index is 0.0683. The molecule has 1 fully saturated rings. The SMILES string of the molecule is O=PO.OC[C@H]1OCC[C@H]1O. The molecule has 1 aliphatic heterocycles. The van der Waals surface area contributed by atoms with Gasteiger partial charge >= 0.3 is 8.69 Å². The number of ether oxygens (including phenoxy) is 1. The van der Waals surface area contributed by atoms with E-state index in [1.165, 1.54) is 0 Å². The molecule has 0 saturated carbocycles. The summed E-state index contributed by atoms with van der Waals surface area (Å²) < 4.78 is 13.4. The van der Waals surface area contributed by atoms with Crippen molar-refractivity contribution < 1.29 is 24.4 Å². The lowest BCUT2D eigenvalue weighted by Crippen LogP contribution is -2.24. The first kappa shape index (κ1) is 10.9. The van der Waals surface area contributed by atoms with Crippen molar-refractivity contribution in [1.82, 2.24) is 0 Å². The number of hydrogen-bond acceptors (Lipinski definition) is 4. The van der Waals surface area contributed by atoms with Gasteiger partial charge in [0.05, 0.1) is 12.7 Å². The standard InChI is InChI=1S/C5H10O3.HO2P/c6-3-5-4(7)1-2-8-5;1-3-2/h4-7H,1-3H2;(H,1,2)/t4-,5-;/m1./s1. The average molecular weight is 182 g/mol. The van der Waals surface area contributed by atoms with Crippen molar-refractivity contribution in [3.8, 4) is 0 Å². The van der Waals surface area contributed by atoms with E-state index < -0.39 is 14.8 Å². The minimum atomic E-state index is -0.833. The van der Waals surface area contributed by atoms with Gasteiger partial charge in [0.1, 0.15) is 6.10 Å². The van der Waals surface area contributed by atoms with Gasteiger partial charge in [-0.2, -0.15) is 0 Å². The number of hydrogen-bond donors (Lipinski definition) is 3. The fourth-order valence-corrected chi connectivity index (χ4v) is 0.812. The van der Waals surface area contributed by atoms with Gasteiger partial charge in [0.2, 0.25) is 0 Å². The zero-order chi connectivity index (χ0) is 8.69. The maximum absolute atomic E-state index is 8.90. The monoisotopic (exact) mass is 182 g/mol. The van der Waals surface area contributed by atoms with E-state index in [0.29, 0.717) is 13.0 Å². The number of aliphatic hydroxyl groups is 2. The summed E-state index contributed by atoms with van der Waals surface area (Å²) in [6.45, 7) is 0.508. The largest absolute Gasteiger partial charge is 0.394 e. The molecular formula is C5H11O5P. The Kier molecular flexibility index (Phi) is 6.60. The Bertz CT molecular complexity index is 109. The van der Waals surface area contributed by atoms with Gasteiger partial charge in [0.15, 0.2) is 0 Å². The van der Waals surface area contributed by atoms with E-state index in [2.05, 4.69) is 0 Å². The summed E-state index contributed by atoms with van der Waals surface area (Å²) in [5.74, 6) is 0. The summed E-state index contributed by atoms with van der Waals surface area (Å²) in [4.78, 5) is 6.99. The zero-order valence-corrected chi connectivity index (χ0v) is 6.78. The van der Waals surface area contributed by atoms with Crippen LogP contribution in [0.5, 0.6) is 0 Å². The van der Waals surface area contributed by atoms with E-state index >= 15 is 0 Å². The predicted octanol–water partition coefficient (Wildman–Crippen LogP) is -0.686. The second-order valence-electron chi connectivity index (χ2n) is 2.03. The van der Waals surface area contributed by atoms with E-state index in [-0.39, 0.29) is 12.7 Å². The van der Waals surface area contributed by atoms with E-state index in [0.717, 1.165) is 0 Å². The Hall–Kier alpha value is -0.0600. The molecular weight excluding hydrogens is 171 g/mol. The highest BCUT2D eigenvalue weighted by atomic mass is 31.1. The third-order valence-corrected chi connectivity index (χ3v) is 1.35. The summed E-state index contributed by atoms with van der Waals surface area (Å²) in [6, 6.07) is 0. The van der Waals surface area contributed by atoms with Gasteiger partial charge in [0.25, 0.3) is 0 Å². The highest BCUT2D eigenvalue weighted by Crippen LogP contribution is 2.11. The Morgan fingerprint density at radius 3 is 2.36 bits per heavy atom. The number of aliphatic hydroxyl groups excluding tert-OH is 2. The molecule has 66 valence electrons. The molecule has 0 amide bonds. The van der Waals surface area contributed by atoms with Crippen LogP contribution in [0.1, 0.15) is 6.42 Å². The third kappa shape index (κ3) is 4.40. The molecule has 0 radical (unpaired) electrons. The second kappa shape index (κ2) is 6.64. The highest BCUT2D eigenvalue weighted by molar-refractivity contribution is 7.16. The lowest BCUT2D eigenvalue weighted by Gasteiger charge is -2.07. The molecule has 6 heteroatoms. The molecule has 1 rings (SSSR count). The van der Waals surface area contributed by atoms with Gasteiger partial charge in [0, 0.05) is 6.61 Å². The fourth-order valence-electron chi connectivity index (χ4n) is 0.812. The van der Waals surface area contributed by atoms with Crippen molar-refractivity contribution in [3.05, 3.63) is 0 Å². The molecule has 0 unspecified atom stereocenters. The molecule has 0 aromatic carbocycles. The van der Waals surface area contributed by atoms with Crippen molar-refractivity contribution in [2.45, 2.75) is 18.6 Å². The van der Waals surface area contributed by atoms with Gasteiger partial charge in [-0.3, -0.25) is 0 Å². The van der Waals surface area contributed by atoms with Gasteiger partial charge < -0.3 is 19.8 Å². The average Bonchev–Trinajstić information content (AvgIpc) is 2.36. The summed E-state index contributed by atoms with van der Waals surface area (Å²) in [7, 11) is -0.833. The van der Waals surface area contributed by atoms with Crippen molar-refractivity contribution in [3.63, 3.8) is 0 Å². The van der Waals surface area contributed by atoms with Crippen LogP contribution >= 0.6 is 8.69 Å². The molecule has 3 N–H and O–H groups in total. The first-order chi connectivity index (χ1) is 5.26. The fraction of sp³-hybridized carbons (Fsp3) is 1.00. The van der Waals surface area contributed by atoms with Crippen LogP contribution in [0.25, 0.3) is 0 Å². The van der Waals surface area contributed by atoms with Crippen LogP contribution in [0, 0.1) is 0 Å². The Labute approximate surface area is 65.9 Å². The van der Waals surface area contributed by atoms with Crippen LogP contribution in [-0.4, -0.2) is 40.5 Å². The van der Waals surface area contributed by atoms with E-state index in [1.807, 2.05) is 0 Å². The topological polar surface area (TPSA) is 87.0 Å². The first-order valence-electron chi connectivity index (χ1n) is 3.13. The zero-order valence-electron chi connectivity index (χ0n) is 5.88. The van der Waals surface area contributed by atoms with Crippen molar-refractivity contribution in [2.75, 3.05) is 13.2 Å². The molecule has 1 aliphatic rings. The van der Waals surface area contributed by atoms with Crippen molar-refractivity contribution in [2.24, 2.45) is 0 Å². The van der Waals surface area contributed by atoms with Gasteiger partial charge in [-0.15, -0.1) is 0 Å². The lowest BCUT2D eigenvalue weighted by atomic mass is 10.2. The van der Waals surface area contributed by atoms with Crippen LogP contribution in [0.3, 0.4) is 0 Å². The van der Waals surface area contributed by atoms with Crippen LogP contribution in [-0.2, 0) is 9.30 Å². The Morgan fingerprint density at radius 2 is 2.18 bits per heavy atom. The molecule has 0 aromatic rings. The molecule has 0 bridgehead atoms. The van der Waals surface area contributed by atoms with Crippen molar-refractivity contribution >= 4 is 8.69 Å². The first-order valence-corrected chi connectivity index (χ1v) is 3.90. The second-order valence-corrected chi connectivity index (χ2v) is 2.19. The van der Waals surface area contributed by atoms with Crippen LogP contribution < -0.4 is 0 Å². The summed E-state index contributed by atoms with van der Waals surface area (Å²) in [5.41, 5.74) is 0. The van der Waals surface area contributed by atoms with Crippen molar-refractivity contribution in [1.29, 1.82) is 0 Å². The molecule has 0 aliphatic carbocycles. The minimum Gasteiger partial charge on any atom is -0.394 e. The predicted molar refractivity (Wildman–Crippen MR) is 37.3 cm³/mol. The summed E-state index contributed by atoms with van der Waals surface area (Å²) in [5, 5.41) is 17.4. The number of rotatable bonds is 1. The van der Waals surface area contributed by atoms with Gasteiger partial charge in [-0.05, 0) is 6.42 Å². The van der Waals surface area contributed by atoms with Crippen LogP contribution in [0.4, 0.5) is 0 Å². The van der Waals surface area contributed by atoms with Gasteiger partial charge in [-0.25, -0.2) is 4.57 Å². The molecule has 1 heterocycles. The summed E-state index contributed by atoms with van der Waals surface area (Å²) in [6.07, 6.45) is -0.111. The third-order valence-electron chi connectivity index (χ3n) is 1.35. The maximum Gasteiger partial charge on any atom is 0.324 e. The molecule has 11 heavy (non-hydrogen) atoms. The summed E-state index contributed by atoms with van der Waals surface area (Å²) >= 11 is 0. The Balaban J connectivity index is 0.000000292. The van der Waals surface area contributed by atoms with Crippen LogP contribution in [0.2, 0.25) is 0 Å². The quantitative estimate of drug-likeness (QED) is 0.467. The molecule has 5 nitrogen and oxygen atoms in total. The van der Waals surface area contributed by atoms with E-state index in [9.17, 15) is 0 Å².